The number of nitrogens with zero attached hydrogens (tertiary/aromatic N) is 1. The number of fused-ring (bicyclic) bond motifs is 1. The maximum Gasteiger partial charge on any atom is 0.0594 e. The first-order chi connectivity index (χ1) is 9.93. The van der Waals surface area contributed by atoms with Gasteiger partial charge in [0.25, 0.3) is 0 Å². The van der Waals surface area contributed by atoms with Gasteiger partial charge in [-0.2, -0.15) is 0 Å². The summed E-state index contributed by atoms with van der Waals surface area (Å²) >= 11 is 0. The molecule has 20 heavy (non-hydrogen) atoms. The zero-order valence-corrected chi connectivity index (χ0v) is 12.3. The molecule has 3 heteroatoms. The van der Waals surface area contributed by atoms with Crippen molar-refractivity contribution in [1.29, 1.82) is 0 Å². The topological polar surface area (TPSA) is 24.5 Å². The summed E-state index contributed by atoms with van der Waals surface area (Å²) in [5.41, 5.74) is 3.08. The van der Waals surface area contributed by atoms with Gasteiger partial charge in [-0.1, -0.05) is 24.3 Å². The second-order valence-electron chi connectivity index (χ2n) is 5.91. The lowest BCUT2D eigenvalue weighted by atomic mass is 9.88. The van der Waals surface area contributed by atoms with E-state index in [4.69, 9.17) is 4.74 Å². The van der Waals surface area contributed by atoms with Crippen molar-refractivity contribution < 1.29 is 4.74 Å². The summed E-state index contributed by atoms with van der Waals surface area (Å²) < 4.78 is 5.38. The number of morpholine rings is 1. The summed E-state index contributed by atoms with van der Waals surface area (Å²) in [7, 11) is 0. The van der Waals surface area contributed by atoms with E-state index < -0.39 is 0 Å². The molecule has 1 aliphatic heterocycles. The van der Waals surface area contributed by atoms with Crippen LogP contribution in [0, 0.1) is 0 Å². The average molecular weight is 274 g/mol. The van der Waals surface area contributed by atoms with Crippen molar-refractivity contribution >= 4 is 0 Å². The standard InChI is InChI=1S/C17H26N2O/c1-2-7-16-15(5-1)6-3-8-17(16)18-9-4-10-19-11-13-20-14-12-19/h1-2,5,7,17-18H,3-4,6,8-14H2. The van der Waals surface area contributed by atoms with E-state index in [9.17, 15) is 0 Å². The smallest absolute Gasteiger partial charge is 0.0594 e. The summed E-state index contributed by atoms with van der Waals surface area (Å²) in [6.07, 6.45) is 5.09. The lowest BCUT2D eigenvalue weighted by Crippen LogP contribution is -2.38. The number of hydrogen-bond donors (Lipinski definition) is 1. The largest absolute Gasteiger partial charge is 0.379 e. The fourth-order valence-electron chi connectivity index (χ4n) is 3.37. The number of rotatable bonds is 5. The summed E-state index contributed by atoms with van der Waals surface area (Å²) in [4.78, 5) is 2.51. The van der Waals surface area contributed by atoms with Gasteiger partial charge in [-0.15, -0.1) is 0 Å². The van der Waals surface area contributed by atoms with Gasteiger partial charge >= 0.3 is 0 Å². The molecule has 1 aromatic rings. The van der Waals surface area contributed by atoms with Crippen LogP contribution in [0.5, 0.6) is 0 Å². The van der Waals surface area contributed by atoms with Gasteiger partial charge in [-0.25, -0.2) is 0 Å². The van der Waals surface area contributed by atoms with Gasteiger partial charge in [0.15, 0.2) is 0 Å². The van der Waals surface area contributed by atoms with Crippen LogP contribution in [0.2, 0.25) is 0 Å². The van der Waals surface area contributed by atoms with E-state index in [0.29, 0.717) is 6.04 Å². The van der Waals surface area contributed by atoms with Crippen LogP contribution in [0.25, 0.3) is 0 Å². The third-order valence-corrected chi connectivity index (χ3v) is 4.51. The van der Waals surface area contributed by atoms with Gasteiger partial charge in [0, 0.05) is 19.1 Å². The van der Waals surface area contributed by atoms with Crippen LogP contribution < -0.4 is 5.32 Å². The Kier molecular flexibility index (Phi) is 5.06. The number of hydrogen-bond acceptors (Lipinski definition) is 3. The highest BCUT2D eigenvalue weighted by molar-refractivity contribution is 5.32. The molecule has 110 valence electrons. The molecule has 0 aromatic heterocycles. The van der Waals surface area contributed by atoms with E-state index in [1.807, 2.05) is 0 Å². The highest BCUT2D eigenvalue weighted by Crippen LogP contribution is 2.29. The summed E-state index contributed by atoms with van der Waals surface area (Å²) in [5, 5.41) is 3.76. The first-order valence-electron chi connectivity index (χ1n) is 8.05. The van der Waals surface area contributed by atoms with Gasteiger partial charge in [0.1, 0.15) is 0 Å². The molecule has 1 aliphatic carbocycles. The zero-order chi connectivity index (χ0) is 13.6. The van der Waals surface area contributed by atoms with Crippen LogP contribution in [-0.4, -0.2) is 44.3 Å². The van der Waals surface area contributed by atoms with E-state index in [2.05, 4.69) is 34.5 Å². The predicted molar refractivity (Wildman–Crippen MR) is 82.0 cm³/mol. The number of nitrogens with one attached hydrogen (secondary N) is 1. The third-order valence-electron chi connectivity index (χ3n) is 4.51. The molecule has 0 bridgehead atoms. The Bertz CT molecular complexity index is 415. The highest BCUT2D eigenvalue weighted by atomic mass is 16.5. The van der Waals surface area contributed by atoms with Crippen molar-refractivity contribution in [3.05, 3.63) is 35.4 Å². The van der Waals surface area contributed by atoms with Crippen molar-refractivity contribution in [3.63, 3.8) is 0 Å². The molecule has 1 atom stereocenters. The Morgan fingerprint density at radius 1 is 1.20 bits per heavy atom. The van der Waals surface area contributed by atoms with Crippen LogP contribution in [0.1, 0.15) is 36.4 Å². The normalized spacial score (nSPS) is 23.5. The molecular weight excluding hydrogens is 248 g/mol. The van der Waals surface area contributed by atoms with Crippen molar-refractivity contribution in [2.45, 2.75) is 31.7 Å². The van der Waals surface area contributed by atoms with E-state index in [1.165, 1.54) is 37.8 Å². The van der Waals surface area contributed by atoms with Crippen LogP contribution in [-0.2, 0) is 11.2 Å². The van der Waals surface area contributed by atoms with Crippen LogP contribution in [0.3, 0.4) is 0 Å². The molecule has 1 fully saturated rings. The maximum absolute atomic E-state index is 5.38. The van der Waals surface area contributed by atoms with Crippen LogP contribution >= 0.6 is 0 Å². The van der Waals surface area contributed by atoms with Gasteiger partial charge in [-0.3, -0.25) is 4.90 Å². The Hall–Kier alpha value is -0.900. The minimum absolute atomic E-state index is 0.574. The lowest BCUT2D eigenvalue weighted by molar-refractivity contribution is 0.0373. The molecule has 1 unspecified atom stereocenters. The Labute approximate surface area is 122 Å². The number of ether oxygens (including phenoxy) is 1. The molecular formula is C17H26N2O. The zero-order valence-electron chi connectivity index (χ0n) is 12.3. The SMILES string of the molecule is c1ccc2c(c1)CCCC2NCCCN1CCOCC1. The van der Waals surface area contributed by atoms with Crippen LogP contribution in [0.15, 0.2) is 24.3 Å². The maximum atomic E-state index is 5.38. The summed E-state index contributed by atoms with van der Waals surface area (Å²) in [6.45, 7) is 6.34. The molecule has 1 N–H and O–H groups in total. The van der Waals surface area contributed by atoms with E-state index in [-0.39, 0.29) is 0 Å². The second kappa shape index (κ2) is 7.21. The highest BCUT2D eigenvalue weighted by Gasteiger charge is 2.18. The van der Waals surface area contributed by atoms with Crippen molar-refractivity contribution in [1.82, 2.24) is 10.2 Å². The Morgan fingerprint density at radius 3 is 2.95 bits per heavy atom. The van der Waals surface area contributed by atoms with Gasteiger partial charge in [-0.05, 0) is 49.9 Å². The fraction of sp³-hybridized carbons (Fsp3) is 0.647. The molecule has 3 rings (SSSR count). The molecule has 0 radical (unpaired) electrons. The molecule has 0 saturated carbocycles. The van der Waals surface area contributed by atoms with Gasteiger partial charge in [0.05, 0.1) is 13.2 Å². The van der Waals surface area contributed by atoms with Crippen LogP contribution in [0.4, 0.5) is 0 Å². The Balaban J connectivity index is 1.43. The van der Waals surface area contributed by atoms with E-state index in [0.717, 1.165) is 32.8 Å². The van der Waals surface area contributed by atoms with E-state index in [1.54, 1.807) is 5.56 Å². The first-order valence-corrected chi connectivity index (χ1v) is 8.05. The van der Waals surface area contributed by atoms with Crippen molar-refractivity contribution in [2.75, 3.05) is 39.4 Å². The van der Waals surface area contributed by atoms with Crippen molar-refractivity contribution in [2.24, 2.45) is 0 Å². The third kappa shape index (κ3) is 3.60. The monoisotopic (exact) mass is 274 g/mol. The molecule has 0 amide bonds. The number of benzene rings is 1. The second-order valence-corrected chi connectivity index (χ2v) is 5.91. The minimum Gasteiger partial charge on any atom is -0.379 e. The summed E-state index contributed by atoms with van der Waals surface area (Å²) in [6, 6.07) is 9.50. The summed E-state index contributed by atoms with van der Waals surface area (Å²) in [5.74, 6) is 0. The van der Waals surface area contributed by atoms with E-state index >= 15 is 0 Å². The molecule has 1 aromatic carbocycles. The minimum atomic E-state index is 0.574. The molecule has 2 aliphatic rings. The fourth-order valence-corrected chi connectivity index (χ4v) is 3.37. The molecule has 3 nitrogen and oxygen atoms in total. The molecule has 1 heterocycles. The predicted octanol–water partition coefficient (Wildman–Crippen LogP) is 2.38. The van der Waals surface area contributed by atoms with Gasteiger partial charge < -0.3 is 10.1 Å². The molecule has 1 saturated heterocycles. The molecule has 0 spiro atoms. The first kappa shape index (κ1) is 14.1. The number of aryl methyl sites for hydroxylation is 1. The average Bonchev–Trinajstić information content (AvgIpc) is 2.53. The quantitative estimate of drug-likeness (QED) is 0.834. The van der Waals surface area contributed by atoms with Crippen molar-refractivity contribution in [3.8, 4) is 0 Å². The Morgan fingerprint density at radius 2 is 2.05 bits per heavy atom. The lowest BCUT2D eigenvalue weighted by Gasteiger charge is -2.28. The van der Waals surface area contributed by atoms with Gasteiger partial charge in [0.2, 0.25) is 0 Å².